The molecule has 0 radical (unpaired) electrons. The molecule has 0 bridgehead atoms. The number of para-hydroxylation sites is 1. The highest BCUT2D eigenvalue weighted by atomic mass is 16.5. The van der Waals surface area contributed by atoms with Crippen LogP contribution in [-0.2, 0) is 16.1 Å². The van der Waals surface area contributed by atoms with Crippen LogP contribution >= 0.6 is 0 Å². The van der Waals surface area contributed by atoms with Gasteiger partial charge in [-0.05, 0) is 12.1 Å². The van der Waals surface area contributed by atoms with Gasteiger partial charge in [-0.25, -0.2) is 4.68 Å². The number of Topliss-reactive ketones (excluding diaryl/α,β-unsaturated/α-hetero) is 1. The highest BCUT2D eigenvalue weighted by molar-refractivity contribution is 6.01. The van der Waals surface area contributed by atoms with Gasteiger partial charge < -0.3 is 4.74 Å². The van der Waals surface area contributed by atoms with Crippen molar-refractivity contribution in [3.63, 3.8) is 0 Å². The fourth-order valence-corrected chi connectivity index (χ4v) is 2.98. The number of benzene rings is 3. The summed E-state index contributed by atoms with van der Waals surface area (Å²) in [5.74, 6) is -0.836. The molecule has 0 amide bonds. The first kappa shape index (κ1) is 17.6. The molecule has 1 atom stereocenters. The highest BCUT2D eigenvalue weighted by Crippen LogP contribution is 2.23. The van der Waals surface area contributed by atoms with E-state index in [9.17, 15) is 9.59 Å². The van der Waals surface area contributed by atoms with E-state index in [1.165, 1.54) is 4.68 Å². The number of nitrogens with zero attached hydrogens (tertiary/aromatic N) is 3. The van der Waals surface area contributed by atoms with E-state index in [1.54, 1.807) is 48.5 Å². The molecule has 1 aromatic heterocycles. The molecule has 138 valence electrons. The Kier molecular flexibility index (Phi) is 4.93. The lowest BCUT2D eigenvalue weighted by molar-refractivity contribution is -0.148. The average molecular weight is 371 g/mol. The third-order valence-electron chi connectivity index (χ3n) is 4.35. The van der Waals surface area contributed by atoms with Gasteiger partial charge in [-0.15, -0.1) is 5.10 Å². The molecule has 0 N–H and O–H groups in total. The first-order valence-electron chi connectivity index (χ1n) is 8.84. The summed E-state index contributed by atoms with van der Waals surface area (Å²) in [4.78, 5) is 25.6. The fourth-order valence-electron chi connectivity index (χ4n) is 2.98. The summed E-state index contributed by atoms with van der Waals surface area (Å²) in [7, 11) is 0. The Morgan fingerprint density at radius 3 is 2.25 bits per heavy atom. The number of hydrogen-bond acceptors (Lipinski definition) is 5. The zero-order valence-corrected chi connectivity index (χ0v) is 14.9. The average Bonchev–Trinajstić information content (AvgIpc) is 3.15. The van der Waals surface area contributed by atoms with Gasteiger partial charge in [0.1, 0.15) is 12.1 Å². The zero-order valence-electron chi connectivity index (χ0n) is 14.9. The number of hydrogen-bond donors (Lipinski definition) is 0. The van der Waals surface area contributed by atoms with Crippen molar-refractivity contribution < 1.29 is 14.3 Å². The van der Waals surface area contributed by atoms with Crippen LogP contribution < -0.4 is 0 Å². The van der Waals surface area contributed by atoms with Crippen molar-refractivity contribution in [2.45, 2.75) is 12.6 Å². The maximum atomic E-state index is 13.0. The van der Waals surface area contributed by atoms with Crippen LogP contribution in [-0.4, -0.2) is 26.7 Å². The predicted octanol–water partition coefficient (Wildman–Crippen LogP) is 3.60. The Labute approximate surface area is 161 Å². The number of carbonyl (C=O) groups is 2. The summed E-state index contributed by atoms with van der Waals surface area (Å²) in [5.41, 5.74) is 2.52. The molecular formula is C22H17N3O3. The largest absolute Gasteiger partial charge is 0.448 e. The number of rotatable bonds is 6. The lowest BCUT2D eigenvalue weighted by Crippen LogP contribution is -2.23. The quantitative estimate of drug-likeness (QED) is 0.382. The normalized spacial score (nSPS) is 11.9. The maximum Gasteiger partial charge on any atom is 0.328 e. The van der Waals surface area contributed by atoms with Gasteiger partial charge >= 0.3 is 5.97 Å². The van der Waals surface area contributed by atoms with Crippen molar-refractivity contribution in [2.75, 3.05) is 0 Å². The second-order valence-corrected chi connectivity index (χ2v) is 6.25. The Hall–Kier alpha value is -3.80. The van der Waals surface area contributed by atoms with E-state index < -0.39 is 12.1 Å². The van der Waals surface area contributed by atoms with Crippen molar-refractivity contribution in [1.29, 1.82) is 0 Å². The van der Waals surface area contributed by atoms with E-state index in [2.05, 4.69) is 10.3 Å². The second-order valence-electron chi connectivity index (χ2n) is 6.25. The van der Waals surface area contributed by atoms with Crippen molar-refractivity contribution in [2.24, 2.45) is 0 Å². The predicted molar refractivity (Wildman–Crippen MR) is 104 cm³/mol. The second kappa shape index (κ2) is 7.84. The number of esters is 1. The monoisotopic (exact) mass is 371 g/mol. The molecule has 1 heterocycles. The molecular weight excluding hydrogens is 354 g/mol. The van der Waals surface area contributed by atoms with Gasteiger partial charge in [0.15, 0.2) is 6.10 Å². The Bertz CT molecular complexity index is 1110. The SMILES string of the molecule is O=C(Cn1nnc2ccccc21)OC(C(=O)c1ccccc1)c1ccccc1. The van der Waals surface area contributed by atoms with Crippen molar-refractivity contribution >= 4 is 22.8 Å². The van der Waals surface area contributed by atoms with Crippen LogP contribution in [0.1, 0.15) is 22.0 Å². The molecule has 4 aromatic rings. The van der Waals surface area contributed by atoms with Crippen LogP contribution in [0.4, 0.5) is 0 Å². The van der Waals surface area contributed by atoms with Gasteiger partial charge in [0, 0.05) is 11.1 Å². The molecule has 1 unspecified atom stereocenters. The molecule has 6 heteroatoms. The fraction of sp³-hybridized carbons (Fsp3) is 0.0909. The van der Waals surface area contributed by atoms with Crippen LogP contribution in [0.5, 0.6) is 0 Å². The maximum absolute atomic E-state index is 13.0. The minimum Gasteiger partial charge on any atom is -0.448 e. The molecule has 0 aliphatic carbocycles. The molecule has 28 heavy (non-hydrogen) atoms. The molecule has 6 nitrogen and oxygen atoms in total. The Balaban J connectivity index is 1.58. The molecule has 0 spiro atoms. The standard InChI is InChI=1S/C22H17N3O3/c26-20(15-25-19-14-8-7-13-18(19)23-24-25)28-22(17-11-5-2-6-12-17)21(27)16-9-3-1-4-10-16/h1-14,22H,15H2. The van der Waals surface area contributed by atoms with E-state index in [0.717, 1.165) is 5.52 Å². The summed E-state index contributed by atoms with van der Waals surface area (Å²) in [5, 5.41) is 8.03. The number of fused-ring (bicyclic) bond motifs is 1. The summed E-state index contributed by atoms with van der Waals surface area (Å²) < 4.78 is 7.06. The summed E-state index contributed by atoms with van der Waals surface area (Å²) in [6.07, 6.45) is -1.02. The molecule has 0 saturated heterocycles. The number of ketones is 1. The smallest absolute Gasteiger partial charge is 0.328 e. The minimum atomic E-state index is -1.02. The van der Waals surface area contributed by atoms with Gasteiger partial charge in [0.2, 0.25) is 5.78 Å². The van der Waals surface area contributed by atoms with Gasteiger partial charge in [0.05, 0.1) is 5.52 Å². The molecule has 0 saturated carbocycles. The Morgan fingerprint density at radius 2 is 1.50 bits per heavy atom. The highest BCUT2D eigenvalue weighted by Gasteiger charge is 2.26. The third-order valence-corrected chi connectivity index (χ3v) is 4.35. The third kappa shape index (κ3) is 3.66. The van der Waals surface area contributed by atoms with Crippen LogP contribution in [0.25, 0.3) is 11.0 Å². The van der Waals surface area contributed by atoms with Crippen LogP contribution in [0, 0.1) is 0 Å². The first-order chi connectivity index (χ1) is 13.7. The number of carbonyl (C=O) groups excluding carboxylic acids is 2. The molecule has 4 rings (SSSR count). The van der Waals surface area contributed by atoms with E-state index in [4.69, 9.17) is 4.74 Å². The molecule has 0 fully saturated rings. The van der Waals surface area contributed by atoms with Gasteiger partial charge in [-0.1, -0.05) is 78.0 Å². The first-order valence-corrected chi connectivity index (χ1v) is 8.84. The summed E-state index contributed by atoms with van der Waals surface area (Å²) >= 11 is 0. The summed E-state index contributed by atoms with van der Waals surface area (Å²) in [6.45, 7) is -0.133. The van der Waals surface area contributed by atoms with Crippen LogP contribution in [0.15, 0.2) is 84.9 Å². The van der Waals surface area contributed by atoms with Crippen LogP contribution in [0.3, 0.4) is 0 Å². The van der Waals surface area contributed by atoms with E-state index in [1.807, 2.05) is 36.4 Å². The molecule has 0 aliphatic heterocycles. The van der Waals surface area contributed by atoms with E-state index in [0.29, 0.717) is 16.6 Å². The van der Waals surface area contributed by atoms with Crippen molar-refractivity contribution in [3.05, 3.63) is 96.1 Å². The van der Waals surface area contributed by atoms with Gasteiger partial charge in [0.25, 0.3) is 0 Å². The number of ether oxygens (including phenoxy) is 1. The lowest BCUT2D eigenvalue weighted by Gasteiger charge is -2.17. The molecule has 3 aromatic carbocycles. The van der Waals surface area contributed by atoms with Crippen molar-refractivity contribution in [1.82, 2.24) is 15.0 Å². The topological polar surface area (TPSA) is 74.1 Å². The number of aromatic nitrogens is 3. The van der Waals surface area contributed by atoms with Gasteiger partial charge in [-0.3, -0.25) is 9.59 Å². The van der Waals surface area contributed by atoms with Gasteiger partial charge in [-0.2, -0.15) is 0 Å². The zero-order chi connectivity index (χ0) is 19.3. The van der Waals surface area contributed by atoms with E-state index >= 15 is 0 Å². The molecule has 0 aliphatic rings. The van der Waals surface area contributed by atoms with Crippen molar-refractivity contribution in [3.8, 4) is 0 Å². The van der Waals surface area contributed by atoms with Crippen LogP contribution in [0.2, 0.25) is 0 Å². The lowest BCUT2D eigenvalue weighted by atomic mass is 10.00. The summed E-state index contributed by atoms with van der Waals surface area (Å²) in [6, 6.07) is 25.1. The minimum absolute atomic E-state index is 0.133. The Morgan fingerprint density at radius 1 is 0.857 bits per heavy atom. The van der Waals surface area contributed by atoms with E-state index in [-0.39, 0.29) is 12.3 Å².